The number of rotatable bonds is 0. The third kappa shape index (κ3) is 192. The Balaban J connectivity index is -0.00000000785. The Bertz CT molecular complexity index is 135. The zero-order valence-corrected chi connectivity index (χ0v) is 12.6. The Labute approximate surface area is 134 Å². The minimum absolute atomic E-state index is 0. The smallest absolute Gasteiger partial charge is 1.00 e. The van der Waals surface area contributed by atoms with Gasteiger partial charge >= 0.3 is 83.3 Å². The van der Waals surface area contributed by atoms with Gasteiger partial charge in [0.2, 0.25) is 0 Å². The van der Waals surface area contributed by atoms with Crippen LogP contribution in [0.2, 0.25) is 0 Å². The third-order valence-electron chi connectivity index (χ3n) is 0. The first-order valence-corrected chi connectivity index (χ1v) is 5.30. The number of hydrogen-bond acceptors (Lipinski definition) is 2. The second-order valence-electron chi connectivity index (χ2n) is 1.25. The van der Waals surface area contributed by atoms with E-state index in [4.69, 9.17) is 19.2 Å². The van der Waals surface area contributed by atoms with Gasteiger partial charge in [-0.05, 0) is 0 Å². The van der Waals surface area contributed by atoms with Crippen LogP contribution in [0.5, 0.6) is 0 Å². The molecule has 0 amide bonds. The summed E-state index contributed by atoms with van der Waals surface area (Å²) in [5, 5.41) is 0. The minimum Gasteiger partial charge on any atom is -1.00 e. The van der Waals surface area contributed by atoms with Gasteiger partial charge in [-0.3, -0.25) is 4.21 Å². The molecule has 0 fully saturated rings. The predicted octanol–water partition coefficient (Wildman–Crippen LogP) is -1.25. The van der Waals surface area contributed by atoms with Crippen molar-refractivity contribution in [1.82, 2.24) is 0 Å². The summed E-state index contributed by atoms with van der Waals surface area (Å²) in [5.41, 5.74) is 0. The van der Waals surface area contributed by atoms with Crippen LogP contribution in [-0.2, 0) is 15.4 Å². The van der Waals surface area contributed by atoms with Gasteiger partial charge in [0.05, 0.1) is 0 Å². The zero-order valence-electron chi connectivity index (χ0n) is 10.4. The SMILES string of the molecule is CS(C)=O.O=P(O)(O)O.[Ca+2].[Ca+2].[H-].[H-].[H-].[H-]. The van der Waals surface area contributed by atoms with Gasteiger partial charge in [0.25, 0.3) is 0 Å². The van der Waals surface area contributed by atoms with Crippen LogP contribution in [-0.4, -0.2) is 107 Å². The predicted molar refractivity (Wildman–Crippen MR) is 50.2 cm³/mol. The molecule has 3 N–H and O–H groups in total. The number of phosphoric acid groups is 1. The average molecular weight is 260 g/mol. The summed E-state index contributed by atoms with van der Waals surface area (Å²) in [6.45, 7) is 0. The molecule has 0 aromatic rings. The molecule has 0 radical (unpaired) electrons. The van der Waals surface area contributed by atoms with E-state index in [1.54, 1.807) is 12.5 Å². The topological polar surface area (TPSA) is 94.8 Å². The van der Waals surface area contributed by atoms with Crippen molar-refractivity contribution in [2.45, 2.75) is 0 Å². The van der Waals surface area contributed by atoms with Crippen molar-refractivity contribution in [3.8, 4) is 0 Å². The molecule has 0 spiro atoms. The van der Waals surface area contributed by atoms with E-state index in [1.165, 1.54) is 0 Å². The summed E-state index contributed by atoms with van der Waals surface area (Å²) >= 11 is 0. The van der Waals surface area contributed by atoms with Crippen LogP contribution >= 0.6 is 7.82 Å². The molecular formula is C2H13Ca2O5PS. The molecule has 0 rings (SSSR count). The second-order valence-corrected chi connectivity index (χ2v) is 3.76. The summed E-state index contributed by atoms with van der Waals surface area (Å²) in [6, 6.07) is 0. The fourth-order valence-electron chi connectivity index (χ4n) is 0. The van der Waals surface area contributed by atoms with Crippen LogP contribution in [0.4, 0.5) is 0 Å². The second kappa shape index (κ2) is 12.8. The van der Waals surface area contributed by atoms with E-state index in [1.807, 2.05) is 0 Å². The van der Waals surface area contributed by atoms with Gasteiger partial charge in [-0.1, -0.05) is 0 Å². The van der Waals surface area contributed by atoms with Gasteiger partial charge in [0.15, 0.2) is 0 Å². The van der Waals surface area contributed by atoms with Gasteiger partial charge in [-0.25, -0.2) is 4.57 Å². The van der Waals surface area contributed by atoms with Crippen LogP contribution in [0, 0.1) is 0 Å². The first-order chi connectivity index (χ1) is 3.73. The van der Waals surface area contributed by atoms with E-state index in [-0.39, 0.29) is 81.2 Å². The molecule has 0 saturated heterocycles. The molecule has 0 aliphatic rings. The molecule has 0 atom stereocenters. The van der Waals surface area contributed by atoms with Crippen molar-refractivity contribution in [1.29, 1.82) is 0 Å². The van der Waals surface area contributed by atoms with E-state index in [2.05, 4.69) is 0 Å². The Hall–Kier alpha value is 2.78. The molecule has 5 nitrogen and oxygen atoms in total. The molecule has 0 bridgehead atoms. The van der Waals surface area contributed by atoms with Gasteiger partial charge < -0.3 is 20.4 Å². The van der Waals surface area contributed by atoms with Crippen LogP contribution < -0.4 is 0 Å². The molecule has 0 unspecified atom stereocenters. The molecule has 0 aliphatic heterocycles. The largest absolute Gasteiger partial charge is 2.00 e. The molecular weight excluding hydrogens is 247 g/mol. The van der Waals surface area contributed by atoms with Gasteiger partial charge in [-0.2, -0.15) is 0 Å². The zero-order chi connectivity index (χ0) is 8.08. The Morgan fingerprint density at radius 2 is 1.18 bits per heavy atom. The third-order valence-corrected chi connectivity index (χ3v) is 0. The standard InChI is InChI=1S/C2H6OS.2Ca.H3O4P.4H/c1-4(2)3;;;1-5(2,3)4;;;;/h1-2H3;;;(H3,1,2,3,4);;;;/q;2*+2;;4*-1. The van der Waals surface area contributed by atoms with Crippen molar-refractivity contribution >= 4 is 94.1 Å². The normalized spacial score (nSPS) is 8.55. The van der Waals surface area contributed by atoms with Crippen molar-refractivity contribution in [3.05, 3.63) is 0 Å². The van der Waals surface area contributed by atoms with Crippen molar-refractivity contribution < 1.29 is 29.2 Å². The maximum Gasteiger partial charge on any atom is 2.00 e. The molecule has 0 aliphatic carbocycles. The first kappa shape index (κ1) is 23.5. The quantitative estimate of drug-likeness (QED) is 0.374. The fourth-order valence-corrected chi connectivity index (χ4v) is 0. The first-order valence-electron chi connectivity index (χ1n) is 1.77. The van der Waals surface area contributed by atoms with Crippen LogP contribution in [0.1, 0.15) is 5.71 Å². The average Bonchev–Trinajstić information content (AvgIpc) is 1.19. The maximum absolute atomic E-state index is 9.56. The Morgan fingerprint density at radius 3 is 1.18 bits per heavy atom. The summed E-state index contributed by atoms with van der Waals surface area (Å²) in [5.74, 6) is 0. The summed E-state index contributed by atoms with van der Waals surface area (Å²) < 4.78 is 18.4. The van der Waals surface area contributed by atoms with Crippen molar-refractivity contribution in [2.24, 2.45) is 0 Å². The Morgan fingerprint density at radius 1 is 1.18 bits per heavy atom. The molecule has 0 saturated carbocycles. The molecule has 66 valence electrons. The van der Waals surface area contributed by atoms with Crippen LogP contribution in [0.3, 0.4) is 0 Å². The minimum atomic E-state index is -4.64. The van der Waals surface area contributed by atoms with E-state index < -0.39 is 18.6 Å². The van der Waals surface area contributed by atoms with E-state index in [9.17, 15) is 4.21 Å². The summed E-state index contributed by atoms with van der Waals surface area (Å²) in [7, 11) is -5.25. The molecule has 0 aromatic heterocycles. The maximum atomic E-state index is 9.56. The monoisotopic (exact) mass is 260 g/mol. The van der Waals surface area contributed by atoms with E-state index in [0.29, 0.717) is 0 Å². The molecule has 11 heavy (non-hydrogen) atoms. The molecule has 9 heteroatoms. The summed E-state index contributed by atoms with van der Waals surface area (Å²) in [6.07, 6.45) is 3.28. The molecule has 0 aromatic carbocycles. The van der Waals surface area contributed by atoms with Gasteiger partial charge in [0.1, 0.15) is 0 Å². The van der Waals surface area contributed by atoms with Crippen LogP contribution in [0.15, 0.2) is 0 Å². The van der Waals surface area contributed by atoms with Gasteiger partial charge in [0, 0.05) is 23.3 Å². The fraction of sp³-hybridized carbons (Fsp3) is 1.00. The van der Waals surface area contributed by atoms with Crippen molar-refractivity contribution in [3.63, 3.8) is 0 Å². The molecule has 0 heterocycles. The van der Waals surface area contributed by atoms with Crippen molar-refractivity contribution in [2.75, 3.05) is 12.5 Å². The van der Waals surface area contributed by atoms with E-state index in [0.717, 1.165) is 0 Å². The van der Waals surface area contributed by atoms with Crippen LogP contribution in [0.25, 0.3) is 0 Å². The Kier molecular flexibility index (Phi) is 27.3. The van der Waals surface area contributed by atoms with Gasteiger partial charge in [-0.15, -0.1) is 0 Å². The number of hydrogen-bond donors (Lipinski definition) is 3. The summed E-state index contributed by atoms with van der Waals surface area (Å²) in [4.78, 5) is 21.6. The van der Waals surface area contributed by atoms with E-state index >= 15 is 0 Å².